The smallest absolute Gasteiger partial charge is 0.287 e. The van der Waals surface area contributed by atoms with Crippen LogP contribution >= 0.6 is 0 Å². The lowest BCUT2D eigenvalue weighted by Gasteiger charge is -2.20. The number of hydrogen-bond donors (Lipinski definition) is 2. The third-order valence-corrected chi connectivity index (χ3v) is 3.27. The van der Waals surface area contributed by atoms with Crippen molar-refractivity contribution >= 4 is 22.8 Å². The second-order valence-electron chi connectivity index (χ2n) is 6.40. The summed E-state index contributed by atoms with van der Waals surface area (Å²) in [6, 6.07) is 5.34. The second-order valence-corrected chi connectivity index (χ2v) is 6.40. The Morgan fingerprint density at radius 1 is 1.26 bits per heavy atom. The molecule has 6 heteroatoms. The van der Waals surface area contributed by atoms with Gasteiger partial charge < -0.3 is 19.8 Å². The quantitative estimate of drug-likeness (QED) is 0.907. The SMILES string of the molecule is COc1ccc2oc(C(=O)NCC(=O)NC(C)(C)C)c(C)c2c1. The monoisotopic (exact) mass is 318 g/mol. The van der Waals surface area contributed by atoms with Crippen LogP contribution in [0.4, 0.5) is 0 Å². The number of benzene rings is 1. The summed E-state index contributed by atoms with van der Waals surface area (Å²) in [5.41, 5.74) is 0.980. The normalized spacial score (nSPS) is 11.3. The number of rotatable bonds is 4. The van der Waals surface area contributed by atoms with Crippen LogP contribution in [0.5, 0.6) is 5.75 Å². The molecule has 1 aromatic heterocycles. The van der Waals surface area contributed by atoms with Crippen LogP contribution in [0.1, 0.15) is 36.9 Å². The summed E-state index contributed by atoms with van der Waals surface area (Å²) < 4.78 is 10.8. The lowest BCUT2D eigenvalue weighted by Crippen LogP contribution is -2.45. The number of furan rings is 1. The minimum atomic E-state index is -0.415. The van der Waals surface area contributed by atoms with Crippen molar-refractivity contribution < 1.29 is 18.7 Å². The van der Waals surface area contributed by atoms with E-state index in [0.717, 1.165) is 5.39 Å². The molecular formula is C17H22N2O4. The van der Waals surface area contributed by atoms with E-state index in [1.165, 1.54) is 0 Å². The van der Waals surface area contributed by atoms with E-state index in [1.807, 2.05) is 26.8 Å². The first-order valence-electron chi connectivity index (χ1n) is 7.37. The molecule has 6 nitrogen and oxygen atoms in total. The Balaban J connectivity index is 2.12. The van der Waals surface area contributed by atoms with Gasteiger partial charge >= 0.3 is 0 Å². The Bertz CT molecular complexity index is 741. The molecule has 0 aliphatic heterocycles. The fourth-order valence-electron chi connectivity index (χ4n) is 2.25. The molecule has 0 saturated carbocycles. The number of methoxy groups -OCH3 is 1. The van der Waals surface area contributed by atoms with Gasteiger partial charge in [0.2, 0.25) is 5.91 Å². The number of hydrogen-bond acceptors (Lipinski definition) is 4. The van der Waals surface area contributed by atoms with E-state index in [4.69, 9.17) is 9.15 Å². The summed E-state index contributed by atoms with van der Waals surface area (Å²) in [7, 11) is 1.58. The summed E-state index contributed by atoms with van der Waals surface area (Å²) in [6.45, 7) is 7.34. The minimum absolute atomic E-state index is 0.101. The maximum Gasteiger partial charge on any atom is 0.287 e. The number of carbonyl (C=O) groups excluding carboxylic acids is 2. The highest BCUT2D eigenvalue weighted by atomic mass is 16.5. The average Bonchev–Trinajstić information content (AvgIpc) is 2.79. The van der Waals surface area contributed by atoms with Gasteiger partial charge in [-0.3, -0.25) is 9.59 Å². The number of nitrogens with one attached hydrogen (secondary N) is 2. The van der Waals surface area contributed by atoms with Crippen LogP contribution in [0, 0.1) is 6.92 Å². The summed E-state index contributed by atoms with van der Waals surface area (Å²) in [6.07, 6.45) is 0. The summed E-state index contributed by atoms with van der Waals surface area (Å²) in [5.74, 6) is 0.234. The van der Waals surface area contributed by atoms with E-state index in [2.05, 4.69) is 10.6 Å². The molecule has 0 radical (unpaired) electrons. The molecule has 2 N–H and O–H groups in total. The third-order valence-electron chi connectivity index (χ3n) is 3.27. The molecule has 23 heavy (non-hydrogen) atoms. The fourth-order valence-corrected chi connectivity index (χ4v) is 2.25. The van der Waals surface area contributed by atoms with Crippen molar-refractivity contribution in [3.63, 3.8) is 0 Å². The number of ether oxygens (including phenoxy) is 1. The fraction of sp³-hybridized carbons (Fsp3) is 0.412. The molecule has 2 aromatic rings. The van der Waals surface area contributed by atoms with Crippen LogP contribution in [0.25, 0.3) is 11.0 Å². The van der Waals surface area contributed by atoms with Gasteiger partial charge in [-0.2, -0.15) is 0 Å². The predicted octanol–water partition coefficient (Wildman–Crippen LogP) is 2.39. The first-order chi connectivity index (χ1) is 10.7. The first-order valence-corrected chi connectivity index (χ1v) is 7.37. The van der Waals surface area contributed by atoms with Gasteiger partial charge in [0.1, 0.15) is 11.3 Å². The first kappa shape index (κ1) is 16.9. The molecule has 0 spiro atoms. The van der Waals surface area contributed by atoms with E-state index >= 15 is 0 Å². The van der Waals surface area contributed by atoms with Gasteiger partial charge in [0.05, 0.1) is 13.7 Å². The summed E-state index contributed by atoms with van der Waals surface area (Å²) in [5, 5.41) is 6.17. The molecule has 0 saturated heterocycles. The van der Waals surface area contributed by atoms with Crippen molar-refractivity contribution in [2.75, 3.05) is 13.7 Å². The van der Waals surface area contributed by atoms with Gasteiger partial charge in [0.15, 0.2) is 5.76 Å². The molecule has 1 heterocycles. The topological polar surface area (TPSA) is 80.6 Å². The Labute approximate surface area is 135 Å². The molecular weight excluding hydrogens is 296 g/mol. The maximum atomic E-state index is 12.2. The summed E-state index contributed by atoms with van der Waals surface area (Å²) >= 11 is 0. The van der Waals surface area contributed by atoms with Crippen molar-refractivity contribution in [2.45, 2.75) is 33.2 Å². The zero-order chi connectivity index (χ0) is 17.2. The van der Waals surface area contributed by atoms with Crippen molar-refractivity contribution in [1.29, 1.82) is 0 Å². The van der Waals surface area contributed by atoms with Gasteiger partial charge in [0, 0.05) is 16.5 Å². The Kier molecular flexibility index (Phi) is 4.63. The van der Waals surface area contributed by atoms with Gasteiger partial charge in [0.25, 0.3) is 5.91 Å². The van der Waals surface area contributed by atoms with Gasteiger partial charge in [-0.25, -0.2) is 0 Å². The number of aryl methyl sites for hydroxylation is 1. The highest BCUT2D eigenvalue weighted by molar-refractivity contribution is 6.00. The van der Waals surface area contributed by atoms with Gasteiger partial charge in [-0.1, -0.05) is 0 Å². The van der Waals surface area contributed by atoms with Crippen molar-refractivity contribution in [3.8, 4) is 5.75 Å². The minimum Gasteiger partial charge on any atom is -0.497 e. The molecule has 0 unspecified atom stereocenters. The summed E-state index contributed by atoms with van der Waals surface area (Å²) in [4.78, 5) is 24.0. The molecule has 2 amide bonds. The molecule has 0 aliphatic rings. The van der Waals surface area contributed by atoms with Crippen molar-refractivity contribution in [2.24, 2.45) is 0 Å². The van der Waals surface area contributed by atoms with Crippen LogP contribution < -0.4 is 15.4 Å². The highest BCUT2D eigenvalue weighted by Crippen LogP contribution is 2.28. The van der Waals surface area contributed by atoms with Crippen LogP contribution in [-0.4, -0.2) is 31.0 Å². The van der Waals surface area contributed by atoms with Crippen molar-refractivity contribution in [1.82, 2.24) is 10.6 Å². The maximum absolute atomic E-state index is 12.2. The Morgan fingerprint density at radius 3 is 2.57 bits per heavy atom. The molecule has 1 aromatic carbocycles. The lowest BCUT2D eigenvalue weighted by molar-refractivity contribution is -0.121. The number of amides is 2. The van der Waals surface area contributed by atoms with Crippen LogP contribution in [-0.2, 0) is 4.79 Å². The molecule has 124 valence electrons. The van der Waals surface area contributed by atoms with Crippen molar-refractivity contribution in [3.05, 3.63) is 29.5 Å². The zero-order valence-corrected chi connectivity index (χ0v) is 14.1. The van der Waals surface area contributed by atoms with Crippen LogP contribution in [0.2, 0.25) is 0 Å². The standard InChI is InChI=1S/C17H22N2O4/c1-10-12-8-11(22-5)6-7-13(12)23-15(10)16(21)18-9-14(20)19-17(2,3)4/h6-8H,9H2,1-5H3,(H,18,21)(H,19,20). The van der Waals surface area contributed by atoms with E-state index in [9.17, 15) is 9.59 Å². The molecule has 2 rings (SSSR count). The lowest BCUT2D eigenvalue weighted by atomic mass is 10.1. The molecule has 0 fully saturated rings. The Hall–Kier alpha value is -2.50. The van der Waals surface area contributed by atoms with E-state index in [0.29, 0.717) is 16.9 Å². The zero-order valence-electron chi connectivity index (χ0n) is 14.1. The predicted molar refractivity (Wildman–Crippen MR) is 87.7 cm³/mol. The molecule has 0 atom stereocenters. The second kappa shape index (κ2) is 6.32. The number of fused-ring (bicyclic) bond motifs is 1. The van der Waals surface area contributed by atoms with E-state index in [-0.39, 0.29) is 23.8 Å². The van der Waals surface area contributed by atoms with E-state index in [1.54, 1.807) is 26.2 Å². The van der Waals surface area contributed by atoms with Crippen LogP contribution in [0.3, 0.4) is 0 Å². The van der Waals surface area contributed by atoms with Gasteiger partial charge in [-0.15, -0.1) is 0 Å². The molecule has 0 bridgehead atoms. The highest BCUT2D eigenvalue weighted by Gasteiger charge is 2.20. The molecule has 0 aliphatic carbocycles. The number of carbonyl (C=O) groups is 2. The largest absolute Gasteiger partial charge is 0.497 e. The average molecular weight is 318 g/mol. The van der Waals surface area contributed by atoms with E-state index < -0.39 is 5.91 Å². The van der Waals surface area contributed by atoms with Gasteiger partial charge in [-0.05, 0) is 45.9 Å². The Morgan fingerprint density at radius 2 is 1.96 bits per heavy atom. The third kappa shape index (κ3) is 4.03. The van der Waals surface area contributed by atoms with Crippen LogP contribution in [0.15, 0.2) is 22.6 Å².